The molecule has 1 saturated carbocycles. The second-order valence-corrected chi connectivity index (χ2v) is 9.14. The smallest absolute Gasteiger partial charge is 0.266 e. The molecule has 4 rings (SSSR count). The summed E-state index contributed by atoms with van der Waals surface area (Å²) >= 11 is 1.31. The number of carbonyl (C=O) groups excluding carboxylic acids is 1. The Bertz CT molecular complexity index is 1100. The molecule has 156 valence electrons. The number of benzene rings is 2. The van der Waals surface area contributed by atoms with E-state index in [1.54, 1.807) is 10.6 Å². The van der Waals surface area contributed by atoms with Crippen LogP contribution in [0.15, 0.2) is 58.5 Å². The molecular weight excluding hydrogens is 394 g/mol. The molecule has 1 aliphatic carbocycles. The third-order valence-corrected chi connectivity index (χ3v) is 6.69. The van der Waals surface area contributed by atoms with Gasteiger partial charge in [0.2, 0.25) is 5.91 Å². The lowest BCUT2D eigenvalue weighted by Gasteiger charge is -2.26. The van der Waals surface area contributed by atoms with Crippen molar-refractivity contribution in [3.8, 4) is 5.69 Å². The van der Waals surface area contributed by atoms with Crippen molar-refractivity contribution in [2.75, 3.05) is 5.75 Å². The van der Waals surface area contributed by atoms with Crippen molar-refractivity contribution in [3.63, 3.8) is 0 Å². The van der Waals surface area contributed by atoms with Crippen LogP contribution in [0.25, 0.3) is 16.6 Å². The van der Waals surface area contributed by atoms with Crippen molar-refractivity contribution in [2.24, 2.45) is 5.92 Å². The summed E-state index contributed by atoms with van der Waals surface area (Å²) in [7, 11) is 0. The van der Waals surface area contributed by atoms with Crippen LogP contribution in [0, 0.1) is 12.8 Å². The maximum Gasteiger partial charge on any atom is 0.266 e. The van der Waals surface area contributed by atoms with Gasteiger partial charge in [0.05, 0.1) is 22.3 Å². The van der Waals surface area contributed by atoms with Gasteiger partial charge in [0.25, 0.3) is 5.56 Å². The van der Waals surface area contributed by atoms with Crippen LogP contribution in [0.5, 0.6) is 0 Å². The number of nitrogens with one attached hydrogen (secondary N) is 1. The van der Waals surface area contributed by atoms with Gasteiger partial charge in [-0.25, -0.2) is 4.98 Å². The number of nitrogens with zero attached hydrogens (tertiary/aromatic N) is 2. The van der Waals surface area contributed by atoms with Crippen LogP contribution in [-0.4, -0.2) is 27.3 Å². The van der Waals surface area contributed by atoms with Gasteiger partial charge in [-0.05, 0) is 62.8 Å². The highest BCUT2D eigenvalue weighted by atomic mass is 32.2. The highest BCUT2D eigenvalue weighted by molar-refractivity contribution is 7.99. The number of para-hydroxylation sites is 1. The zero-order valence-electron chi connectivity index (χ0n) is 17.4. The van der Waals surface area contributed by atoms with E-state index in [4.69, 9.17) is 4.98 Å². The zero-order valence-corrected chi connectivity index (χ0v) is 18.2. The fraction of sp³-hybridized carbons (Fsp3) is 0.375. The Balaban J connectivity index is 1.59. The SMILES string of the molecule is Cc1ccc(-n2c(SCC(=O)NC3CCC(C)CC3)nc3ccccc3c2=O)cc1. The maximum absolute atomic E-state index is 13.2. The monoisotopic (exact) mass is 421 g/mol. The minimum Gasteiger partial charge on any atom is -0.353 e. The summed E-state index contributed by atoms with van der Waals surface area (Å²) in [5.41, 5.74) is 2.41. The molecule has 3 aromatic rings. The lowest BCUT2D eigenvalue weighted by atomic mass is 9.87. The summed E-state index contributed by atoms with van der Waals surface area (Å²) in [5, 5.41) is 4.26. The van der Waals surface area contributed by atoms with Crippen molar-refractivity contribution >= 4 is 28.6 Å². The van der Waals surface area contributed by atoms with E-state index in [9.17, 15) is 9.59 Å². The number of hydrogen-bond donors (Lipinski definition) is 1. The molecule has 5 nitrogen and oxygen atoms in total. The first-order chi connectivity index (χ1) is 14.5. The molecule has 6 heteroatoms. The van der Waals surface area contributed by atoms with E-state index in [0.29, 0.717) is 16.1 Å². The van der Waals surface area contributed by atoms with Crippen LogP contribution in [0.1, 0.15) is 38.2 Å². The van der Waals surface area contributed by atoms with Crippen LogP contribution >= 0.6 is 11.8 Å². The van der Waals surface area contributed by atoms with Crippen molar-refractivity contribution in [2.45, 2.75) is 50.7 Å². The van der Waals surface area contributed by atoms with Gasteiger partial charge in [-0.1, -0.05) is 48.5 Å². The van der Waals surface area contributed by atoms with Gasteiger partial charge in [-0.3, -0.25) is 14.2 Å². The molecule has 0 aliphatic heterocycles. The first-order valence-electron chi connectivity index (χ1n) is 10.5. The molecule has 2 aromatic carbocycles. The molecule has 1 amide bonds. The van der Waals surface area contributed by atoms with Crippen LogP contribution in [0.2, 0.25) is 0 Å². The first kappa shape index (κ1) is 20.7. The number of aromatic nitrogens is 2. The van der Waals surface area contributed by atoms with Crippen LogP contribution in [0.4, 0.5) is 0 Å². The number of thioether (sulfide) groups is 1. The fourth-order valence-corrected chi connectivity index (χ4v) is 4.76. The summed E-state index contributed by atoms with van der Waals surface area (Å²) in [4.78, 5) is 30.5. The van der Waals surface area contributed by atoms with E-state index in [0.717, 1.165) is 42.9 Å². The normalized spacial score (nSPS) is 19.0. The molecule has 0 radical (unpaired) electrons. The largest absolute Gasteiger partial charge is 0.353 e. The van der Waals surface area contributed by atoms with Gasteiger partial charge >= 0.3 is 0 Å². The second kappa shape index (κ2) is 9.04. The predicted molar refractivity (Wildman–Crippen MR) is 122 cm³/mol. The van der Waals surface area contributed by atoms with Gasteiger partial charge in [0.1, 0.15) is 0 Å². The van der Waals surface area contributed by atoms with E-state index in [1.807, 2.05) is 49.4 Å². The Labute approximate surface area is 180 Å². The van der Waals surface area contributed by atoms with E-state index >= 15 is 0 Å². The predicted octanol–water partition coefficient (Wildman–Crippen LogP) is 4.48. The number of hydrogen-bond acceptors (Lipinski definition) is 4. The Morgan fingerprint density at radius 3 is 2.53 bits per heavy atom. The minimum atomic E-state index is -0.117. The third-order valence-electron chi connectivity index (χ3n) is 5.75. The molecule has 0 unspecified atom stereocenters. The molecule has 0 saturated heterocycles. The molecule has 1 N–H and O–H groups in total. The topological polar surface area (TPSA) is 64.0 Å². The van der Waals surface area contributed by atoms with E-state index in [2.05, 4.69) is 12.2 Å². The number of fused-ring (bicyclic) bond motifs is 1. The van der Waals surface area contributed by atoms with Crippen molar-refractivity contribution in [1.29, 1.82) is 0 Å². The minimum absolute atomic E-state index is 0.00239. The first-order valence-corrected chi connectivity index (χ1v) is 11.5. The molecule has 0 bridgehead atoms. The molecule has 0 atom stereocenters. The Morgan fingerprint density at radius 1 is 1.10 bits per heavy atom. The van der Waals surface area contributed by atoms with Crippen LogP contribution < -0.4 is 10.9 Å². The Morgan fingerprint density at radius 2 is 1.80 bits per heavy atom. The molecule has 30 heavy (non-hydrogen) atoms. The van der Waals surface area contributed by atoms with Crippen molar-refractivity contribution in [1.82, 2.24) is 14.9 Å². The molecular formula is C24H27N3O2S. The highest BCUT2D eigenvalue weighted by Gasteiger charge is 2.20. The van der Waals surface area contributed by atoms with Crippen LogP contribution in [-0.2, 0) is 4.79 Å². The lowest BCUT2D eigenvalue weighted by molar-refractivity contribution is -0.119. The quantitative estimate of drug-likeness (QED) is 0.487. The third kappa shape index (κ3) is 4.59. The van der Waals surface area contributed by atoms with Crippen molar-refractivity contribution < 1.29 is 4.79 Å². The fourth-order valence-electron chi connectivity index (χ4n) is 3.93. The molecule has 1 aliphatic rings. The van der Waals surface area contributed by atoms with Gasteiger partial charge in [0.15, 0.2) is 5.16 Å². The Hall–Kier alpha value is -2.60. The second-order valence-electron chi connectivity index (χ2n) is 8.20. The highest BCUT2D eigenvalue weighted by Crippen LogP contribution is 2.24. The molecule has 0 spiro atoms. The summed E-state index contributed by atoms with van der Waals surface area (Å²) in [6.07, 6.45) is 4.41. The van der Waals surface area contributed by atoms with E-state index < -0.39 is 0 Å². The molecule has 1 aromatic heterocycles. The molecule has 1 heterocycles. The number of amides is 1. The average Bonchev–Trinajstić information content (AvgIpc) is 2.75. The maximum atomic E-state index is 13.2. The average molecular weight is 422 g/mol. The van der Waals surface area contributed by atoms with E-state index in [1.165, 1.54) is 11.8 Å². The standard InChI is InChI=1S/C24H27N3O2S/c1-16-7-11-18(12-8-16)25-22(28)15-30-24-26-21-6-4-3-5-20(21)23(29)27(24)19-13-9-17(2)10-14-19/h3-6,9-10,13-14,16,18H,7-8,11-12,15H2,1-2H3,(H,25,28). The van der Waals surface area contributed by atoms with Gasteiger partial charge < -0.3 is 5.32 Å². The zero-order chi connectivity index (χ0) is 21.1. The Kier molecular flexibility index (Phi) is 6.23. The summed E-state index contributed by atoms with van der Waals surface area (Å²) < 4.78 is 1.61. The van der Waals surface area contributed by atoms with Gasteiger partial charge in [-0.2, -0.15) is 0 Å². The van der Waals surface area contributed by atoms with Crippen LogP contribution in [0.3, 0.4) is 0 Å². The number of aryl methyl sites for hydroxylation is 1. The number of rotatable bonds is 5. The number of carbonyl (C=O) groups is 1. The lowest BCUT2D eigenvalue weighted by Crippen LogP contribution is -2.38. The molecule has 1 fully saturated rings. The summed E-state index contributed by atoms with van der Waals surface area (Å²) in [6.45, 7) is 4.28. The summed E-state index contributed by atoms with van der Waals surface area (Å²) in [6, 6.07) is 15.4. The van der Waals surface area contributed by atoms with E-state index in [-0.39, 0.29) is 23.3 Å². The van der Waals surface area contributed by atoms with Gasteiger partial charge in [-0.15, -0.1) is 0 Å². The van der Waals surface area contributed by atoms with Gasteiger partial charge in [0, 0.05) is 6.04 Å². The van der Waals surface area contributed by atoms with Crippen molar-refractivity contribution in [3.05, 3.63) is 64.4 Å². The summed E-state index contributed by atoms with van der Waals surface area (Å²) in [5.74, 6) is 0.985.